The van der Waals surface area contributed by atoms with E-state index in [9.17, 15) is 10.1 Å². The van der Waals surface area contributed by atoms with Crippen molar-refractivity contribution in [2.24, 2.45) is 0 Å². The van der Waals surface area contributed by atoms with Crippen molar-refractivity contribution in [1.82, 2.24) is 5.32 Å². The van der Waals surface area contributed by atoms with E-state index in [4.69, 9.17) is 4.74 Å². The van der Waals surface area contributed by atoms with Gasteiger partial charge in [0, 0.05) is 5.56 Å². The molecule has 0 heterocycles. The van der Waals surface area contributed by atoms with Crippen molar-refractivity contribution in [3.63, 3.8) is 0 Å². The molecule has 4 heteroatoms. The van der Waals surface area contributed by atoms with E-state index in [0.717, 1.165) is 29.5 Å². The highest BCUT2D eigenvalue weighted by atomic mass is 16.5. The number of amides is 1. The van der Waals surface area contributed by atoms with Gasteiger partial charge in [0.05, 0.1) is 18.0 Å². The second-order valence-electron chi connectivity index (χ2n) is 5.99. The van der Waals surface area contributed by atoms with E-state index >= 15 is 0 Å². The maximum atomic E-state index is 11.6. The molecule has 0 aliphatic heterocycles. The molecule has 25 heavy (non-hydrogen) atoms. The second-order valence-corrected chi connectivity index (χ2v) is 5.99. The molecular weight excluding hydrogens is 312 g/mol. The molecule has 1 aliphatic rings. The molecule has 2 aromatic rings. The fourth-order valence-corrected chi connectivity index (χ4v) is 2.50. The number of carbonyl (C=O) groups excluding carboxylic acids is 1. The number of nitrogens with one attached hydrogen (secondary N) is 1. The van der Waals surface area contributed by atoms with Gasteiger partial charge in [-0.25, -0.2) is 4.79 Å². The molecule has 2 aromatic carbocycles. The SMILES string of the molecule is N#CC1(c2ccc(C#CCNC(=O)OCc3ccccc3)cc2)CC1. The minimum Gasteiger partial charge on any atom is -0.445 e. The lowest BCUT2D eigenvalue weighted by Gasteiger charge is -2.05. The summed E-state index contributed by atoms with van der Waals surface area (Å²) in [6.07, 6.45) is 1.38. The third-order valence-corrected chi connectivity index (χ3v) is 4.17. The average molecular weight is 330 g/mol. The monoisotopic (exact) mass is 330 g/mol. The van der Waals surface area contributed by atoms with Gasteiger partial charge in [0.2, 0.25) is 0 Å². The highest BCUT2D eigenvalue weighted by Gasteiger charge is 2.44. The molecule has 0 atom stereocenters. The fourth-order valence-electron chi connectivity index (χ4n) is 2.50. The number of hydrogen-bond acceptors (Lipinski definition) is 3. The Balaban J connectivity index is 1.43. The zero-order valence-electron chi connectivity index (χ0n) is 13.8. The Kier molecular flexibility index (Phi) is 5.02. The van der Waals surface area contributed by atoms with Gasteiger partial charge in [0.15, 0.2) is 0 Å². The molecule has 0 spiro atoms. The largest absolute Gasteiger partial charge is 0.445 e. The lowest BCUT2D eigenvalue weighted by Crippen LogP contribution is -2.24. The first-order chi connectivity index (χ1) is 12.2. The Morgan fingerprint density at radius 2 is 1.84 bits per heavy atom. The predicted molar refractivity (Wildman–Crippen MR) is 94.5 cm³/mol. The Bertz CT molecular complexity index is 835. The maximum absolute atomic E-state index is 11.6. The molecule has 1 N–H and O–H groups in total. The number of hydrogen-bond donors (Lipinski definition) is 1. The van der Waals surface area contributed by atoms with Gasteiger partial charge in [-0.15, -0.1) is 0 Å². The fraction of sp³-hybridized carbons (Fsp3) is 0.238. The standard InChI is InChI=1S/C21H18N2O2/c22-16-21(12-13-21)19-10-8-17(9-11-19)7-4-14-23-20(24)25-15-18-5-2-1-3-6-18/h1-3,5-6,8-11H,12-15H2,(H,23,24). The molecule has 0 saturated heterocycles. The van der Waals surface area contributed by atoms with Crippen molar-refractivity contribution in [2.45, 2.75) is 24.9 Å². The van der Waals surface area contributed by atoms with E-state index in [-0.39, 0.29) is 18.6 Å². The molecule has 0 bridgehead atoms. The van der Waals surface area contributed by atoms with Gasteiger partial charge in [0.1, 0.15) is 6.61 Å². The van der Waals surface area contributed by atoms with Gasteiger partial charge >= 0.3 is 6.09 Å². The molecule has 124 valence electrons. The molecular formula is C21H18N2O2. The molecule has 0 aromatic heterocycles. The van der Waals surface area contributed by atoms with Gasteiger partial charge < -0.3 is 10.1 Å². The Morgan fingerprint density at radius 3 is 2.48 bits per heavy atom. The summed E-state index contributed by atoms with van der Waals surface area (Å²) >= 11 is 0. The zero-order valence-corrected chi connectivity index (χ0v) is 13.8. The molecule has 4 nitrogen and oxygen atoms in total. The normalized spacial score (nSPS) is 13.7. The van der Waals surface area contributed by atoms with Crippen LogP contribution >= 0.6 is 0 Å². The molecule has 3 rings (SSSR count). The predicted octanol–water partition coefficient (Wildman–Crippen LogP) is 3.52. The van der Waals surface area contributed by atoms with E-state index in [0.29, 0.717) is 0 Å². The summed E-state index contributed by atoms with van der Waals surface area (Å²) in [6.45, 7) is 0.458. The Morgan fingerprint density at radius 1 is 1.12 bits per heavy atom. The van der Waals surface area contributed by atoms with Crippen LogP contribution in [-0.4, -0.2) is 12.6 Å². The van der Waals surface area contributed by atoms with Crippen LogP contribution in [0.1, 0.15) is 29.5 Å². The van der Waals surface area contributed by atoms with Crippen molar-refractivity contribution in [2.75, 3.05) is 6.54 Å². The summed E-state index contributed by atoms with van der Waals surface area (Å²) in [5, 5.41) is 11.8. The number of carbonyl (C=O) groups is 1. The van der Waals surface area contributed by atoms with Crippen molar-refractivity contribution in [3.05, 3.63) is 71.3 Å². The summed E-state index contributed by atoms with van der Waals surface area (Å²) < 4.78 is 5.10. The first kappa shape index (κ1) is 16.6. The van der Waals surface area contributed by atoms with Gasteiger partial charge in [-0.2, -0.15) is 5.26 Å². The van der Waals surface area contributed by atoms with Crippen LogP contribution in [0.15, 0.2) is 54.6 Å². The molecule has 0 radical (unpaired) electrons. The summed E-state index contributed by atoms with van der Waals surface area (Å²) in [7, 11) is 0. The van der Waals surface area contributed by atoms with E-state index in [1.807, 2.05) is 54.6 Å². The van der Waals surface area contributed by atoms with Crippen LogP contribution in [0.4, 0.5) is 4.79 Å². The van der Waals surface area contributed by atoms with Crippen LogP contribution in [0.2, 0.25) is 0 Å². The number of nitriles is 1. The van der Waals surface area contributed by atoms with Crippen LogP contribution in [0, 0.1) is 23.2 Å². The first-order valence-corrected chi connectivity index (χ1v) is 8.17. The third-order valence-electron chi connectivity index (χ3n) is 4.17. The van der Waals surface area contributed by atoms with Crippen molar-refractivity contribution in [3.8, 4) is 17.9 Å². The topological polar surface area (TPSA) is 62.1 Å². The first-order valence-electron chi connectivity index (χ1n) is 8.17. The van der Waals surface area contributed by atoms with E-state index in [1.54, 1.807) is 0 Å². The third kappa shape index (κ3) is 4.40. The van der Waals surface area contributed by atoms with Crippen molar-refractivity contribution < 1.29 is 9.53 Å². The molecule has 0 unspecified atom stereocenters. The van der Waals surface area contributed by atoms with Gasteiger partial charge in [-0.05, 0) is 36.1 Å². The Hall–Kier alpha value is -3.24. The maximum Gasteiger partial charge on any atom is 0.408 e. The number of alkyl carbamates (subject to hydrolysis) is 1. The average Bonchev–Trinajstić information content (AvgIpc) is 3.46. The number of rotatable bonds is 4. The van der Waals surface area contributed by atoms with E-state index in [2.05, 4.69) is 23.2 Å². The summed E-state index contributed by atoms with van der Waals surface area (Å²) in [4.78, 5) is 11.6. The summed E-state index contributed by atoms with van der Waals surface area (Å²) in [5.41, 5.74) is 2.59. The number of ether oxygens (including phenoxy) is 1. The van der Waals surface area contributed by atoms with Crippen LogP contribution in [0.3, 0.4) is 0 Å². The van der Waals surface area contributed by atoms with Gasteiger partial charge in [-0.3, -0.25) is 0 Å². The van der Waals surface area contributed by atoms with Crippen LogP contribution in [0.5, 0.6) is 0 Å². The molecule has 1 amide bonds. The lowest BCUT2D eigenvalue weighted by atomic mass is 9.97. The zero-order chi connectivity index (χ0) is 17.5. The smallest absolute Gasteiger partial charge is 0.408 e. The van der Waals surface area contributed by atoms with Crippen molar-refractivity contribution >= 4 is 6.09 Å². The highest BCUT2D eigenvalue weighted by Crippen LogP contribution is 2.47. The summed E-state index contributed by atoms with van der Waals surface area (Å²) in [6, 6.07) is 19.6. The van der Waals surface area contributed by atoms with Crippen LogP contribution < -0.4 is 5.32 Å². The molecule has 1 fully saturated rings. The number of benzene rings is 2. The number of nitrogens with zero attached hydrogens (tertiary/aromatic N) is 1. The van der Waals surface area contributed by atoms with Crippen LogP contribution in [0.25, 0.3) is 0 Å². The van der Waals surface area contributed by atoms with Crippen molar-refractivity contribution in [1.29, 1.82) is 5.26 Å². The minimum atomic E-state index is -0.488. The molecule has 1 saturated carbocycles. The quantitative estimate of drug-likeness (QED) is 0.873. The van der Waals surface area contributed by atoms with Crippen LogP contribution in [-0.2, 0) is 16.8 Å². The van der Waals surface area contributed by atoms with E-state index in [1.165, 1.54) is 0 Å². The molecule has 1 aliphatic carbocycles. The minimum absolute atomic E-state index is 0.220. The van der Waals surface area contributed by atoms with Gasteiger partial charge in [-0.1, -0.05) is 54.3 Å². The highest BCUT2D eigenvalue weighted by molar-refractivity contribution is 5.67. The summed E-state index contributed by atoms with van der Waals surface area (Å²) in [5.74, 6) is 5.88. The lowest BCUT2D eigenvalue weighted by molar-refractivity contribution is 0.141. The van der Waals surface area contributed by atoms with E-state index < -0.39 is 6.09 Å². The Labute approximate surface area is 147 Å². The second kappa shape index (κ2) is 7.55. The van der Waals surface area contributed by atoms with Gasteiger partial charge in [0.25, 0.3) is 0 Å².